The lowest BCUT2D eigenvalue weighted by atomic mass is 10.1. The summed E-state index contributed by atoms with van der Waals surface area (Å²) in [6.45, 7) is -0.311. The molecule has 1 aromatic carbocycles. The Morgan fingerprint density at radius 3 is 2.68 bits per heavy atom. The molecule has 2 aromatic heterocycles. The van der Waals surface area contributed by atoms with Crippen LogP contribution in [-0.2, 0) is 6.54 Å². The zero-order valence-corrected chi connectivity index (χ0v) is 13.1. The Morgan fingerprint density at radius 2 is 2.00 bits per heavy atom. The Hall–Kier alpha value is -2.22. The van der Waals surface area contributed by atoms with Crippen LogP contribution in [0.25, 0.3) is 16.9 Å². The molecule has 0 saturated carbocycles. The van der Waals surface area contributed by atoms with Gasteiger partial charge in [0.25, 0.3) is 0 Å². The Morgan fingerprint density at radius 1 is 1.27 bits per heavy atom. The second-order valence-electron chi connectivity index (χ2n) is 4.71. The van der Waals surface area contributed by atoms with Crippen molar-refractivity contribution < 1.29 is 4.39 Å². The molecule has 3 rings (SSSR count). The molecule has 2 heterocycles. The largest absolute Gasteiger partial charge is 0.369 e. The fourth-order valence-corrected chi connectivity index (χ4v) is 2.79. The van der Waals surface area contributed by atoms with E-state index in [4.69, 9.17) is 5.73 Å². The SMILES string of the molecule is Nc1nc(-c2ccccc2)c(Br)c2nn(CCCF)c(=O)n12. The van der Waals surface area contributed by atoms with Crippen molar-refractivity contribution in [3.05, 3.63) is 45.3 Å². The molecule has 0 fully saturated rings. The van der Waals surface area contributed by atoms with E-state index in [9.17, 15) is 9.18 Å². The maximum absolute atomic E-state index is 12.3. The van der Waals surface area contributed by atoms with Crippen molar-refractivity contribution in [3.8, 4) is 11.3 Å². The molecule has 0 radical (unpaired) electrons. The minimum Gasteiger partial charge on any atom is -0.369 e. The van der Waals surface area contributed by atoms with Crippen molar-refractivity contribution in [1.29, 1.82) is 0 Å². The van der Waals surface area contributed by atoms with Crippen molar-refractivity contribution in [1.82, 2.24) is 19.2 Å². The minimum absolute atomic E-state index is 0.0496. The number of aryl methyl sites for hydroxylation is 1. The highest BCUT2D eigenvalue weighted by molar-refractivity contribution is 9.10. The van der Waals surface area contributed by atoms with Crippen LogP contribution in [0.3, 0.4) is 0 Å². The van der Waals surface area contributed by atoms with E-state index in [0.717, 1.165) is 5.56 Å². The summed E-state index contributed by atoms with van der Waals surface area (Å²) >= 11 is 3.44. The Kier molecular flexibility index (Phi) is 3.93. The molecule has 0 unspecified atom stereocenters. The van der Waals surface area contributed by atoms with E-state index in [0.29, 0.717) is 15.8 Å². The molecule has 0 saturated heterocycles. The van der Waals surface area contributed by atoms with E-state index < -0.39 is 12.4 Å². The monoisotopic (exact) mass is 365 g/mol. The number of benzene rings is 1. The number of anilines is 1. The average molecular weight is 366 g/mol. The fraction of sp³-hybridized carbons (Fsp3) is 0.214. The Labute approximate surface area is 133 Å². The third-order valence-electron chi connectivity index (χ3n) is 3.25. The van der Waals surface area contributed by atoms with Crippen LogP contribution in [0.2, 0.25) is 0 Å². The predicted octanol–water partition coefficient (Wildman–Crippen LogP) is 2.26. The lowest BCUT2D eigenvalue weighted by Gasteiger charge is -2.06. The summed E-state index contributed by atoms with van der Waals surface area (Å²) in [5.74, 6) is 0.0496. The normalized spacial score (nSPS) is 11.2. The first kappa shape index (κ1) is 14.7. The molecular weight excluding hydrogens is 353 g/mol. The van der Waals surface area contributed by atoms with Gasteiger partial charge in [-0.1, -0.05) is 30.3 Å². The van der Waals surface area contributed by atoms with Crippen LogP contribution in [0.1, 0.15) is 6.42 Å². The molecule has 0 atom stereocenters. The number of alkyl halides is 1. The summed E-state index contributed by atoms with van der Waals surface area (Å²) in [5, 5.41) is 4.23. The number of nitrogen functional groups attached to an aromatic ring is 1. The molecule has 0 aliphatic rings. The summed E-state index contributed by atoms with van der Waals surface area (Å²) in [6, 6.07) is 9.45. The first-order valence-corrected chi connectivity index (χ1v) is 7.48. The zero-order valence-electron chi connectivity index (χ0n) is 11.5. The van der Waals surface area contributed by atoms with Crippen LogP contribution in [0.4, 0.5) is 10.3 Å². The van der Waals surface area contributed by atoms with Crippen molar-refractivity contribution in [2.45, 2.75) is 13.0 Å². The van der Waals surface area contributed by atoms with Crippen LogP contribution >= 0.6 is 15.9 Å². The topological polar surface area (TPSA) is 78.2 Å². The molecule has 114 valence electrons. The van der Waals surface area contributed by atoms with Crippen LogP contribution in [0.15, 0.2) is 39.6 Å². The van der Waals surface area contributed by atoms with Crippen molar-refractivity contribution in [2.24, 2.45) is 0 Å². The quantitative estimate of drug-likeness (QED) is 0.768. The third kappa shape index (κ3) is 2.39. The van der Waals surface area contributed by atoms with Gasteiger partial charge in [-0.2, -0.15) is 0 Å². The highest BCUT2D eigenvalue weighted by atomic mass is 79.9. The van der Waals surface area contributed by atoms with Gasteiger partial charge in [0.1, 0.15) is 0 Å². The van der Waals surface area contributed by atoms with E-state index in [1.807, 2.05) is 30.3 Å². The van der Waals surface area contributed by atoms with Gasteiger partial charge in [-0.05, 0) is 22.4 Å². The number of hydrogen-bond donors (Lipinski definition) is 1. The fourth-order valence-electron chi connectivity index (χ4n) is 2.22. The van der Waals surface area contributed by atoms with Gasteiger partial charge in [0.2, 0.25) is 5.95 Å². The maximum Gasteiger partial charge on any atom is 0.353 e. The van der Waals surface area contributed by atoms with Crippen LogP contribution < -0.4 is 11.4 Å². The Balaban J connectivity index is 2.23. The summed E-state index contributed by atoms with van der Waals surface area (Å²) in [7, 11) is 0. The highest BCUT2D eigenvalue weighted by Crippen LogP contribution is 2.29. The van der Waals surface area contributed by atoms with E-state index in [2.05, 4.69) is 26.0 Å². The number of nitrogens with two attached hydrogens (primary N) is 1. The van der Waals surface area contributed by atoms with Gasteiger partial charge in [-0.15, -0.1) is 5.10 Å². The van der Waals surface area contributed by atoms with E-state index >= 15 is 0 Å². The molecule has 0 bridgehead atoms. The summed E-state index contributed by atoms with van der Waals surface area (Å²) < 4.78 is 15.3. The molecule has 0 spiro atoms. The number of hydrogen-bond acceptors (Lipinski definition) is 4. The van der Waals surface area contributed by atoms with Crippen LogP contribution in [0, 0.1) is 0 Å². The number of fused-ring (bicyclic) bond motifs is 1. The number of aromatic nitrogens is 4. The van der Waals surface area contributed by atoms with Gasteiger partial charge < -0.3 is 5.73 Å². The summed E-state index contributed by atoms with van der Waals surface area (Å²) in [6.07, 6.45) is 0.223. The number of halogens is 2. The third-order valence-corrected chi connectivity index (χ3v) is 3.98. The van der Waals surface area contributed by atoms with Gasteiger partial charge in [-0.3, -0.25) is 4.39 Å². The lowest BCUT2D eigenvalue weighted by molar-refractivity contribution is 0.430. The maximum atomic E-state index is 12.3. The molecular formula is C14H13BrFN5O. The first-order valence-electron chi connectivity index (χ1n) is 6.69. The average Bonchev–Trinajstić information content (AvgIpc) is 2.87. The standard InChI is InChI=1S/C14H13BrFN5O/c15-10-11(9-5-2-1-3-6-9)18-13(17)21-12(10)19-20(14(21)22)8-4-7-16/h1-3,5-6H,4,7-8H2,(H2,17,18). The Bertz CT molecular complexity index is 874. The molecule has 6 nitrogen and oxygen atoms in total. The second kappa shape index (κ2) is 5.88. The van der Waals surface area contributed by atoms with Crippen molar-refractivity contribution >= 4 is 27.5 Å². The summed E-state index contributed by atoms with van der Waals surface area (Å²) in [5.41, 5.74) is 7.32. The van der Waals surface area contributed by atoms with E-state index in [1.165, 1.54) is 9.08 Å². The smallest absolute Gasteiger partial charge is 0.353 e. The van der Waals surface area contributed by atoms with Crippen LogP contribution in [0.5, 0.6) is 0 Å². The van der Waals surface area contributed by atoms with Crippen LogP contribution in [-0.4, -0.2) is 25.8 Å². The van der Waals surface area contributed by atoms with Crippen molar-refractivity contribution in [3.63, 3.8) is 0 Å². The van der Waals surface area contributed by atoms with Gasteiger partial charge >= 0.3 is 5.69 Å². The van der Waals surface area contributed by atoms with E-state index in [1.54, 1.807) is 0 Å². The predicted molar refractivity (Wildman–Crippen MR) is 85.4 cm³/mol. The second-order valence-corrected chi connectivity index (χ2v) is 5.50. The van der Waals surface area contributed by atoms with Gasteiger partial charge in [0, 0.05) is 12.1 Å². The lowest BCUT2D eigenvalue weighted by Crippen LogP contribution is -2.23. The molecule has 8 heteroatoms. The van der Waals surface area contributed by atoms with Gasteiger partial charge in [-0.25, -0.2) is 18.9 Å². The van der Waals surface area contributed by atoms with Gasteiger partial charge in [0.05, 0.1) is 16.8 Å². The molecule has 0 aliphatic carbocycles. The summed E-state index contributed by atoms with van der Waals surface area (Å²) in [4.78, 5) is 16.5. The molecule has 0 aliphatic heterocycles. The zero-order chi connectivity index (χ0) is 15.7. The minimum atomic E-state index is -0.509. The first-order chi connectivity index (χ1) is 10.6. The number of rotatable bonds is 4. The number of nitrogens with zero attached hydrogens (tertiary/aromatic N) is 4. The molecule has 2 N–H and O–H groups in total. The van der Waals surface area contributed by atoms with Crippen molar-refractivity contribution in [2.75, 3.05) is 12.4 Å². The highest BCUT2D eigenvalue weighted by Gasteiger charge is 2.18. The molecule has 0 amide bonds. The van der Waals surface area contributed by atoms with E-state index in [-0.39, 0.29) is 18.9 Å². The molecule has 3 aromatic rings. The van der Waals surface area contributed by atoms with Gasteiger partial charge in [0.15, 0.2) is 5.65 Å². The molecule has 22 heavy (non-hydrogen) atoms.